The molecule has 1 N–H and O–H groups in total. The third kappa shape index (κ3) is 5.47. The first-order valence-electron chi connectivity index (χ1n) is 3.24. The molecule has 0 aromatic carbocycles. The van der Waals surface area contributed by atoms with Gasteiger partial charge in [0, 0.05) is 9.11 Å². The Balaban J connectivity index is 3.85. The fraction of sp³-hybridized carbons (Fsp3) is 0.800. The monoisotopic (exact) mass is 104 g/mol. The van der Waals surface area contributed by atoms with Gasteiger partial charge in [0.05, 0.1) is 0 Å². The minimum Gasteiger partial charge on any atom is -0.481 e. The predicted molar refractivity (Wildman–Crippen MR) is 27.2 cm³/mol. The van der Waals surface area contributed by atoms with Crippen LogP contribution in [0.5, 0.6) is 0 Å². The van der Waals surface area contributed by atoms with E-state index in [-0.39, 0.29) is 6.42 Å². The zero-order valence-electron chi connectivity index (χ0n) is 6.27. The van der Waals surface area contributed by atoms with Gasteiger partial charge >= 0.3 is 5.97 Å². The van der Waals surface area contributed by atoms with E-state index in [0.717, 1.165) is 0 Å². The van der Waals surface area contributed by atoms with Gasteiger partial charge in [-0.2, -0.15) is 0 Å². The number of carboxylic acid groups (broad SMARTS) is 1. The molecule has 0 aromatic heterocycles. The van der Waals surface area contributed by atoms with E-state index in [1.807, 2.05) is 0 Å². The van der Waals surface area contributed by atoms with Gasteiger partial charge in [-0.05, 0) is 6.42 Å². The Morgan fingerprint density at radius 3 is 2.71 bits per heavy atom. The van der Waals surface area contributed by atoms with Gasteiger partial charge in [0.1, 0.15) is 0 Å². The Bertz CT molecular complexity index is 112. The van der Waals surface area contributed by atoms with Crippen molar-refractivity contribution in [3.63, 3.8) is 0 Å². The summed E-state index contributed by atoms with van der Waals surface area (Å²) >= 11 is 0. The number of hydrogen-bond donors (Lipinski definition) is 1. The van der Waals surface area contributed by atoms with Crippen LogP contribution in [0.1, 0.15) is 28.9 Å². The average Bonchev–Trinajstić information content (AvgIpc) is 1.65. The van der Waals surface area contributed by atoms with Crippen LogP contribution in [-0.4, -0.2) is 11.1 Å². The SMILES string of the molecule is [2H]C([2H])(CCC)C(=O)O. The largest absolute Gasteiger partial charge is 0.481 e. The second-order valence-electron chi connectivity index (χ2n) is 1.23. The number of carboxylic acids is 1. The van der Waals surface area contributed by atoms with Crippen LogP contribution in [0.3, 0.4) is 0 Å². The summed E-state index contributed by atoms with van der Waals surface area (Å²) < 4.78 is 13.7. The van der Waals surface area contributed by atoms with Crippen LogP contribution in [0, 0.1) is 0 Å². The van der Waals surface area contributed by atoms with Crippen molar-refractivity contribution in [2.75, 3.05) is 0 Å². The third-order valence-electron chi connectivity index (χ3n) is 0.526. The van der Waals surface area contributed by atoms with Crippen molar-refractivity contribution in [3.8, 4) is 0 Å². The highest BCUT2D eigenvalue weighted by Gasteiger charge is 1.90. The van der Waals surface area contributed by atoms with Crippen molar-refractivity contribution < 1.29 is 12.6 Å². The first-order valence-corrected chi connectivity index (χ1v) is 2.24. The Labute approximate surface area is 46.0 Å². The number of carbonyl (C=O) groups is 1. The zero-order chi connectivity index (χ0) is 7.49. The molecule has 0 bridgehead atoms. The molecular formula is C5H10O2. The predicted octanol–water partition coefficient (Wildman–Crippen LogP) is 1.26. The van der Waals surface area contributed by atoms with Gasteiger partial charge in [0.25, 0.3) is 0 Å². The molecule has 0 amide bonds. The molecule has 0 saturated heterocycles. The molecule has 0 rings (SSSR count). The lowest BCUT2D eigenvalue weighted by molar-refractivity contribution is -0.137. The highest BCUT2D eigenvalue weighted by atomic mass is 16.4. The summed E-state index contributed by atoms with van der Waals surface area (Å²) in [6.07, 6.45) is -1.39. The van der Waals surface area contributed by atoms with Gasteiger partial charge in [0.2, 0.25) is 0 Å². The lowest BCUT2D eigenvalue weighted by atomic mass is 10.3. The normalized spacial score (nSPS) is 15.0. The standard InChI is InChI=1S/C5H10O2/c1-2-3-4-5(6)7/h2-4H2,1H3,(H,6,7)/i4D2. The molecule has 0 aliphatic carbocycles. The van der Waals surface area contributed by atoms with E-state index in [1.165, 1.54) is 0 Å². The molecule has 0 aromatic rings. The van der Waals surface area contributed by atoms with Gasteiger partial charge in [-0.15, -0.1) is 0 Å². The summed E-state index contributed by atoms with van der Waals surface area (Å²) in [7, 11) is 0. The van der Waals surface area contributed by atoms with E-state index in [1.54, 1.807) is 6.92 Å². The maximum atomic E-state index is 10.0. The lowest BCUT2D eigenvalue weighted by Gasteiger charge is -1.85. The molecule has 2 heteroatoms. The molecule has 0 spiro atoms. The Kier molecular flexibility index (Phi) is 1.81. The Morgan fingerprint density at radius 2 is 2.57 bits per heavy atom. The molecule has 0 radical (unpaired) electrons. The van der Waals surface area contributed by atoms with Gasteiger partial charge in [0.15, 0.2) is 0 Å². The summed E-state index contributed by atoms with van der Waals surface area (Å²) in [5.74, 6) is -1.37. The lowest BCUT2D eigenvalue weighted by Crippen LogP contribution is -1.91. The van der Waals surface area contributed by atoms with Crippen molar-refractivity contribution in [2.45, 2.75) is 26.1 Å². The minimum absolute atomic E-state index is 0.0856. The van der Waals surface area contributed by atoms with E-state index < -0.39 is 12.3 Å². The van der Waals surface area contributed by atoms with Crippen molar-refractivity contribution in [2.24, 2.45) is 0 Å². The molecule has 0 unspecified atom stereocenters. The molecule has 7 heavy (non-hydrogen) atoms. The summed E-state index contributed by atoms with van der Waals surface area (Å²) in [6.45, 7) is 1.75. The van der Waals surface area contributed by atoms with Crippen LogP contribution in [-0.2, 0) is 4.79 Å². The molecule has 0 saturated carbocycles. The highest BCUT2D eigenvalue weighted by Crippen LogP contribution is 1.91. The van der Waals surface area contributed by atoms with Gasteiger partial charge in [-0.1, -0.05) is 13.3 Å². The topological polar surface area (TPSA) is 37.3 Å². The van der Waals surface area contributed by atoms with Crippen molar-refractivity contribution in [1.82, 2.24) is 0 Å². The average molecular weight is 104 g/mol. The van der Waals surface area contributed by atoms with Gasteiger partial charge in [-0.25, -0.2) is 0 Å². The van der Waals surface area contributed by atoms with E-state index >= 15 is 0 Å². The van der Waals surface area contributed by atoms with Crippen molar-refractivity contribution >= 4 is 5.97 Å². The fourth-order valence-electron chi connectivity index (χ4n) is 0.232. The van der Waals surface area contributed by atoms with E-state index in [4.69, 9.17) is 7.85 Å². The van der Waals surface area contributed by atoms with Crippen LogP contribution < -0.4 is 0 Å². The van der Waals surface area contributed by atoms with Gasteiger partial charge in [-0.3, -0.25) is 4.79 Å². The van der Waals surface area contributed by atoms with Crippen LogP contribution in [0.2, 0.25) is 0 Å². The van der Waals surface area contributed by atoms with Crippen LogP contribution in [0.4, 0.5) is 0 Å². The molecule has 2 nitrogen and oxygen atoms in total. The summed E-state index contributed by atoms with van der Waals surface area (Å²) in [4.78, 5) is 10.0. The van der Waals surface area contributed by atoms with Crippen LogP contribution in [0.15, 0.2) is 0 Å². The smallest absolute Gasteiger partial charge is 0.303 e. The second kappa shape index (κ2) is 3.65. The fourth-order valence-corrected chi connectivity index (χ4v) is 0.232. The van der Waals surface area contributed by atoms with E-state index in [2.05, 4.69) is 0 Å². The molecule has 0 fully saturated rings. The van der Waals surface area contributed by atoms with Crippen molar-refractivity contribution in [1.29, 1.82) is 0 Å². The summed E-state index contributed by atoms with van der Waals surface area (Å²) in [6, 6.07) is 0. The van der Waals surface area contributed by atoms with Crippen LogP contribution in [0.25, 0.3) is 0 Å². The van der Waals surface area contributed by atoms with E-state index in [9.17, 15) is 4.79 Å². The molecule has 0 atom stereocenters. The molecular weight excluding hydrogens is 92.1 g/mol. The minimum atomic E-state index is -2.03. The van der Waals surface area contributed by atoms with E-state index in [0.29, 0.717) is 6.42 Å². The molecule has 42 valence electrons. The van der Waals surface area contributed by atoms with Crippen molar-refractivity contribution in [3.05, 3.63) is 0 Å². The third-order valence-corrected chi connectivity index (χ3v) is 0.526. The Morgan fingerprint density at radius 1 is 2.00 bits per heavy atom. The molecule has 0 aliphatic rings. The number of aliphatic carboxylic acids is 1. The molecule has 0 heterocycles. The maximum absolute atomic E-state index is 10.0. The number of rotatable bonds is 3. The number of hydrogen-bond acceptors (Lipinski definition) is 1. The molecule has 0 aliphatic heterocycles. The first kappa shape index (κ1) is 3.47. The Hall–Kier alpha value is -0.530. The quantitative estimate of drug-likeness (QED) is 0.585. The zero-order valence-corrected chi connectivity index (χ0v) is 4.27. The second-order valence-corrected chi connectivity index (χ2v) is 1.23. The summed E-state index contributed by atoms with van der Waals surface area (Å²) in [5.41, 5.74) is 0. The first-order chi connectivity index (χ1) is 4.00. The van der Waals surface area contributed by atoms with Crippen LogP contribution >= 0.6 is 0 Å². The summed E-state index contributed by atoms with van der Waals surface area (Å²) in [5, 5.41) is 8.20. The maximum Gasteiger partial charge on any atom is 0.303 e. The highest BCUT2D eigenvalue weighted by molar-refractivity contribution is 5.66. The van der Waals surface area contributed by atoms with Gasteiger partial charge < -0.3 is 5.11 Å².